The van der Waals surface area contributed by atoms with Gasteiger partial charge in [0.2, 0.25) is 0 Å². The molecule has 1 aliphatic rings. The van der Waals surface area contributed by atoms with Crippen molar-refractivity contribution in [2.45, 2.75) is 26.9 Å². The van der Waals surface area contributed by atoms with Crippen LogP contribution in [0.3, 0.4) is 0 Å². The molecule has 0 spiro atoms. The van der Waals surface area contributed by atoms with E-state index >= 15 is 0 Å². The summed E-state index contributed by atoms with van der Waals surface area (Å²) in [6.07, 6.45) is 0. The Morgan fingerprint density at radius 1 is 1.10 bits per heavy atom. The predicted molar refractivity (Wildman–Crippen MR) is 110 cm³/mol. The molecule has 1 aliphatic heterocycles. The second-order valence-corrected chi connectivity index (χ2v) is 7.55. The number of aryl methyl sites for hydroxylation is 2. The first-order valence-corrected chi connectivity index (χ1v) is 9.88. The maximum atomic E-state index is 12.5. The second-order valence-electron chi connectivity index (χ2n) is 7.55. The first kappa shape index (κ1) is 19.5. The minimum absolute atomic E-state index is 0.323. The van der Waals surface area contributed by atoms with Gasteiger partial charge in [0.25, 0.3) is 0 Å². The van der Waals surface area contributed by atoms with Gasteiger partial charge in [0.05, 0.1) is 29.6 Å². The molecule has 152 valence electrons. The molecule has 1 aromatic carbocycles. The summed E-state index contributed by atoms with van der Waals surface area (Å²) in [4.78, 5) is 22.0. The zero-order valence-electron chi connectivity index (χ0n) is 17.1. The molecule has 0 atom stereocenters. The smallest absolute Gasteiger partial charge is 0.340 e. The van der Waals surface area contributed by atoms with Gasteiger partial charge in [-0.15, -0.1) is 0 Å². The fraction of sp³-hybridized carbons (Fsp3) is 0.409. The summed E-state index contributed by atoms with van der Waals surface area (Å²) in [5.74, 6) is 0.516. The van der Waals surface area contributed by atoms with Gasteiger partial charge in [-0.25, -0.2) is 4.79 Å². The van der Waals surface area contributed by atoms with Crippen LogP contribution in [0.1, 0.15) is 33.1 Å². The number of para-hydroxylation sites is 1. The Morgan fingerprint density at radius 2 is 1.79 bits per heavy atom. The Hall–Kier alpha value is -2.77. The molecular weight excluding hydrogens is 368 g/mol. The Labute approximate surface area is 170 Å². The number of rotatable bonds is 5. The van der Waals surface area contributed by atoms with E-state index in [0.717, 1.165) is 66.3 Å². The lowest BCUT2D eigenvalue weighted by atomic mass is 10.0. The quantitative estimate of drug-likeness (QED) is 0.616. The van der Waals surface area contributed by atoms with Crippen LogP contribution in [0, 0.1) is 13.8 Å². The molecule has 0 aliphatic carbocycles. The van der Waals surface area contributed by atoms with Gasteiger partial charge in [-0.05, 0) is 25.5 Å². The molecule has 2 aromatic heterocycles. The lowest BCUT2D eigenvalue weighted by molar-refractivity contribution is 0.0595. The molecule has 0 radical (unpaired) electrons. The fourth-order valence-corrected chi connectivity index (χ4v) is 3.97. The number of ether oxygens (including phenoxy) is 1. The number of hydrogen-bond donors (Lipinski definition) is 0. The first-order chi connectivity index (χ1) is 14.0. The van der Waals surface area contributed by atoms with Crippen molar-refractivity contribution >= 4 is 16.9 Å². The van der Waals surface area contributed by atoms with Crippen molar-refractivity contribution in [1.29, 1.82) is 0 Å². The van der Waals surface area contributed by atoms with Gasteiger partial charge >= 0.3 is 5.97 Å². The normalized spacial score (nSPS) is 15.7. The fourth-order valence-electron chi connectivity index (χ4n) is 3.97. The van der Waals surface area contributed by atoms with Crippen molar-refractivity contribution in [3.8, 4) is 0 Å². The van der Waals surface area contributed by atoms with Gasteiger partial charge in [0.1, 0.15) is 5.76 Å². The number of methoxy groups -OCH3 is 1. The van der Waals surface area contributed by atoms with Crippen LogP contribution in [0.2, 0.25) is 0 Å². The molecule has 7 nitrogen and oxygen atoms in total. The molecule has 0 unspecified atom stereocenters. The average molecular weight is 394 g/mol. The molecule has 0 N–H and O–H groups in total. The summed E-state index contributed by atoms with van der Waals surface area (Å²) in [6, 6.07) is 9.91. The number of pyridine rings is 1. The van der Waals surface area contributed by atoms with Crippen LogP contribution in [0.15, 0.2) is 34.9 Å². The van der Waals surface area contributed by atoms with Crippen molar-refractivity contribution in [3.05, 3.63) is 58.6 Å². The van der Waals surface area contributed by atoms with E-state index < -0.39 is 0 Å². The van der Waals surface area contributed by atoms with E-state index in [0.29, 0.717) is 12.1 Å². The number of benzene rings is 1. The summed E-state index contributed by atoms with van der Waals surface area (Å²) >= 11 is 0. The van der Waals surface area contributed by atoms with E-state index in [1.165, 1.54) is 7.11 Å². The zero-order chi connectivity index (χ0) is 20.4. The van der Waals surface area contributed by atoms with Crippen LogP contribution in [0.25, 0.3) is 10.9 Å². The SMILES string of the molecule is COC(=O)c1c(CN2CCN(Cc3cc(C)on3)CC2)nc2ccccc2c1C. The third kappa shape index (κ3) is 4.16. The maximum Gasteiger partial charge on any atom is 0.340 e. The van der Waals surface area contributed by atoms with E-state index in [-0.39, 0.29) is 5.97 Å². The third-order valence-corrected chi connectivity index (χ3v) is 5.52. The van der Waals surface area contributed by atoms with Crippen LogP contribution in [0.4, 0.5) is 0 Å². The van der Waals surface area contributed by atoms with Gasteiger partial charge in [0.15, 0.2) is 0 Å². The van der Waals surface area contributed by atoms with Crippen LogP contribution >= 0.6 is 0 Å². The number of carbonyl (C=O) groups excluding carboxylic acids is 1. The minimum atomic E-state index is -0.323. The summed E-state index contributed by atoms with van der Waals surface area (Å²) in [6.45, 7) is 9.00. The Kier molecular flexibility index (Phi) is 5.60. The van der Waals surface area contributed by atoms with E-state index in [1.807, 2.05) is 44.2 Å². The van der Waals surface area contributed by atoms with Crippen molar-refractivity contribution in [2.24, 2.45) is 0 Å². The topological polar surface area (TPSA) is 71.7 Å². The Balaban J connectivity index is 1.50. The van der Waals surface area contributed by atoms with Crippen molar-refractivity contribution in [1.82, 2.24) is 19.9 Å². The van der Waals surface area contributed by atoms with Crippen LogP contribution in [0.5, 0.6) is 0 Å². The van der Waals surface area contributed by atoms with E-state index in [2.05, 4.69) is 15.0 Å². The van der Waals surface area contributed by atoms with Crippen LogP contribution in [-0.2, 0) is 17.8 Å². The molecule has 7 heteroatoms. The molecule has 3 aromatic rings. The highest BCUT2D eigenvalue weighted by molar-refractivity contribution is 5.98. The van der Waals surface area contributed by atoms with Gasteiger partial charge in [-0.2, -0.15) is 0 Å². The summed E-state index contributed by atoms with van der Waals surface area (Å²) in [7, 11) is 1.42. The van der Waals surface area contributed by atoms with Crippen molar-refractivity contribution in [3.63, 3.8) is 0 Å². The van der Waals surface area contributed by atoms with E-state index in [9.17, 15) is 4.79 Å². The molecule has 0 saturated carbocycles. The van der Waals surface area contributed by atoms with Gasteiger partial charge in [0, 0.05) is 50.7 Å². The first-order valence-electron chi connectivity index (χ1n) is 9.88. The maximum absolute atomic E-state index is 12.5. The molecule has 29 heavy (non-hydrogen) atoms. The largest absolute Gasteiger partial charge is 0.465 e. The summed E-state index contributed by atoms with van der Waals surface area (Å²) in [5.41, 5.74) is 4.18. The third-order valence-electron chi connectivity index (χ3n) is 5.52. The number of hydrogen-bond acceptors (Lipinski definition) is 7. The second kappa shape index (κ2) is 8.31. The number of carbonyl (C=O) groups is 1. The lowest BCUT2D eigenvalue weighted by Crippen LogP contribution is -2.45. The molecule has 3 heterocycles. The van der Waals surface area contributed by atoms with Crippen molar-refractivity contribution in [2.75, 3.05) is 33.3 Å². The molecule has 1 saturated heterocycles. The van der Waals surface area contributed by atoms with Gasteiger partial charge in [-0.3, -0.25) is 14.8 Å². The van der Waals surface area contributed by atoms with Crippen molar-refractivity contribution < 1.29 is 14.1 Å². The molecule has 0 bridgehead atoms. The Morgan fingerprint density at radius 3 is 2.45 bits per heavy atom. The number of fused-ring (bicyclic) bond motifs is 1. The van der Waals surface area contributed by atoms with E-state index in [1.54, 1.807) is 0 Å². The molecule has 0 amide bonds. The monoisotopic (exact) mass is 394 g/mol. The standard InChI is InChI=1S/C22H26N4O3/c1-15-12-17(24-29-15)13-25-8-10-26(11-9-25)14-20-21(22(27)28-3)16(2)18-6-4-5-7-19(18)23-20/h4-7,12H,8-11,13-14H2,1-3H3. The highest BCUT2D eigenvalue weighted by atomic mass is 16.5. The number of piperazine rings is 1. The molecule has 4 rings (SSSR count). The van der Waals surface area contributed by atoms with Gasteiger partial charge in [-0.1, -0.05) is 23.4 Å². The van der Waals surface area contributed by atoms with Crippen LogP contribution < -0.4 is 0 Å². The highest BCUT2D eigenvalue weighted by Gasteiger charge is 2.23. The Bertz CT molecular complexity index is 1020. The number of nitrogens with zero attached hydrogens (tertiary/aromatic N) is 4. The van der Waals surface area contributed by atoms with Gasteiger partial charge < -0.3 is 9.26 Å². The molecular formula is C22H26N4O3. The predicted octanol–water partition coefficient (Wildman–Crippen LogP) is 2.94. The number of esters is 1. The minimum Gasteiger partial charge on any atom is -0.465 e. The highest BCUT2D eigenvalue weighted by Crippen LogP contribution is 2.25. The van der Waals surface area contributed by atoms with E-state index in [4.69, 9.17) is 14.2 Å². The average Bonchev–Trinajstić information content (AvgIpc) is 3.14. The van der Waals surface area contributed by atoms with Crippen LogP contribution in [-0.4, -0.2) is 59.2 Å². The summed E-state index contributed by atoms with van der Waals surface area (Å²) in [5, 5.41) is 5.07. The summed E-state index contributed by atoms with van der Waals surface area (Å²) < 4.78 is 10.2. The zero-order valence-corrected chi connectivity index (χ0v) is 17.1. The number of aromatic nitrogens is 2. The molecule has 1 fully saturated rings. The lowest BCUT2D eigenvalue weighted by Gasteiger charge is -2.34.